The maximum Gasteiger partial charge on any atom is 0.864 e. The van der Waals surface area contributed by atoms with Crippen molar-refractivity contribution in [2.45, 2.75) is 142 Å². The highest BCUT2D eigenvalue weighted by molar-refractivity contribution is 6.39. The summed E-state index contributed by atoms with van der Waals surface area (Å²) in [5.41, 5.74) is -2.69. The molecule has 312 valence electrons. The molecule has 3 aromatic rings. The minimum absolute atomic E-state index is 0.0594. The molecule has 0 aliphatic carbocycles. The lowest BCUT2D eigenvalue weighted by Crippen LogP contribution is -2.38. The van der Waals surface area contributed by atoms with Gasteiger partial charge < -0.3 is 18.9 Å². The highest BCUT2D eigenvalue weighted by atomic mass is 19.4. The summed E-state index contributed by atoms with van der Waals surface area (Å²) in [5.74, 6) is -0.350. The van der Waals surface area contributed by atoms with E-state index < -0.39 is 42.5 Å². The molecular weight excluding hydrogens is 748 g/mol. The molecule has 3 rings (SSSR count). The first-order chi connectivity index (χ1) is 26.6. The van der Waals surface area contributed by atoms with E-state index in [-0.39, 0.29) is 22.9 Å². The first-order valence-corrected chi connectivity index (χ1v) is 19.9. The standard InChI is InChI=1S/C42H55BF9NO3/c1-3-5-7-9-11-12-13-14-15-17-19-31-53(30-18-16-10-8-6-4-2)38-32-35(42(50,51)52)24-29-39(38)56-43(54-36-25-20-33(21-26-36)40(44,45)46)55-37-27-22-34(23-28-37)41(47,48)49/h20-29,32H,3-19,30-31H2,1-2H3. The van der Waals surface area contributed by atoms with Gasteiger partial charge in [0, 0.05) is 13.1 Å². The van der Waals surface area contributed by atoms with Crippen molar-refractivity contribution in [3.05, 3.63) is 83.4 Å². The molecule has 0 aliphatic heterocycles. The van der Waals surface area contributed by atoms with E-state index in [9.17, 15) is 39.5 Å². The number of rotatable bonds is 26. The lowest BCUT2D eigenvalue weighted by atomic mass is 10.1. The number of halogens is 9. The van der Waals surface area contributed by atoms with Gasteiger partial charge in [0.15, 0.2) is 0 Å². The summed E-state index contributed by atoms with van der Waals surface area (Å²) in [6.07, 6.45) is 4.02. The summed E-state index contributed by atoms with van der Waals surface area (Å²) in [5, 5.41) is 0. The van der Waals surface area contributed by atoms with Crippen LogP contribution in [0.1, 0.15) is 140 Å². The highest BCUT2D eigenvalue weighted by Gasteiger charge is 2.37. The minimum Gasteiger partial charge on any atom is -0.490 e. The van der Waals surface area contributed by atoms with E-state index in [1.807, 2.05) is 4.90 Å². The Morgan fingerprint density at radius 3 is 1.12 bits per heavy atom. The van der Waals surface area contributed by atoms with Crippen molar-refractivity contribution in [2.75, 3.05) is 18.0 Å². The molecule has 4 nitrogen and oxygen atoms in total. The Labute approximate surface area is 326 Å². The summed E-state index contributed by atoms with van der Waals surface area (Å²) in [4.78, 5) is 1.85. The number of nitrogens with zero attached hydrogens (tertiary/aromatic N) is 1. The van der Waals surface area contributed by atoms with Crippen LogP contribution < -0.4 is 18.9 Å². The molecule has 56 heavy (non-hydrogen) atoms. The molecular formula is C42H55BF9NO3. The van der Waals surface area contributed by atoms with Crippen molar-refractivity contribution in [3.8, 4) is 17.2 Å². The smallest absolute Gasteiger partial charge is 0.490 e. The summed E-state index contributed by atoms with van der Waals surface area (Å²) < 4.78 is 139. The van der Waals surface area contributed by atoms with Crippen LogP contribution in [0.4, 0.5) is 45.2 Å². The number of benzene rings is 3. The largest absolute Gasteiger partial charge is 0.864 e. The predicted molar refractivity (Wildman–Crippen MR) is 204 cm³/mol. The third-order valence-electron chi connectivity index (χ3n) is 9.49. The third kappa shape index (κ3) is 17.2. The van der Waals surface area contributed by atoms with Gasteiger partial charge in [-0.1, -0.05) is 110 Å². The molecule has 0 aromatic heterocycles. The Morgan fingerprint density at radius 1 is 0.429 bits per heavy atom. The summed E-state index contributed by atoms with van der Waals surface area (Å²) >= 11 is 0. The lowest BCUT2D eigenvalue weighted by molar-refractivity contribution is -0.138. The molecule has 0 radical (unpaired) electrons. The van der Waals surface area contributed by atoms with Gasteiger partial charge in [-0.3, -0.25) is 0 Å². The predicted octanol–water partition coefficient (Wildman–Crippen LogP) is 14.7. The fourth-order valence-corrected chi connectivity index (χ4v) is 6.29. The van der Waals surface area contributed by atoms with Gasteiger partial charge in [0.25, 0.3) is 0 Å². The molecule has 0 heterocycles. The second-order valence-corrected chi connectivity index (χ2v) is 14.2. The van der Waals surface area contributed by atoms with Gasteiger partial charge in [-0.25, -0.2) is 0 Å². The van der Waals surface area contributed by atoms with Gasteiger partial charge in [0.05, 0.1) is 22.4 Å². The topological polar surface area (TPSA) is 30.9 Å². The van der Waals surface area contributed by atoms with Gasteiger partial charge in [0.2, 0.25) is 0 Å². The Hall–Kier alpha value is -3.71. The Bertz CT molecular complexity index is 1450. The average molecular weight is 804 g/mol. The van der Waals surface area contributed by atoms with E-state index in [0.717, 1.165) is 131 Å². The first kappa shape index (κ1) is 46.7. The molecule has 3 aromatic carbocycles. The van der Waals surface area contributed by atoms with E-state index >= 15 is 0 Å². The highest BCUT2D eigenvalue weighted by Crippen LogP contribution is 2.38. The van der Waals surface area contributed by atoms with Crippen LogP contribution in [0, 0.1) is 0 Å². The van der Waals surface area contributed by atoms with E-state index in [2.05, 4.69) is 13.8 Å². The van der Waals surface area contributed by atoms with Crippen LogP contribution in [0.3, 0.4) is 0 Å². The SMILES string of the molecule is CCCCCCCCCCCCCN(CCCCCCCC)c1cc(C(F)(F)F)ccc1OB(Oc1ccc(C(F)(F)F)cc1)Oc1ccc(C(F)(F)F)cc1. The Kier molecular flexibility index (Phi) is 19.6. The van der Waals surface area contributed by atoms with Crippen LogP contribution in [0.5, 0.6) is 17.2 Å². The third-order valence-corrected chi connectivity index (χ3v) is 9.49. The van der Waals surface area contributed by atoms with Gasteiger partial charge in [0.1, 0.15) is 17.2 Å². The molecule has 0 atom stereocenters. The van der Waals surface area contributed by atoms with E-state index in [4.69, 9.17) is 14.0 Å². The fourth-order valence-electron chi connectivity index (χ4n) is 6.29. The van der Waals surface area contributed by atoms with Crippen molar-refractivity contribution in [2.24, 2.45) is 0 Å². The van der Waals surface area contributed by atoms with Crippen molar-refractivity contribution < 1.29 is 53.5 Å². The average Bonchev–Trinajstić information content (AvgIpc) is 3.14. The zero-order valence-electron chi connectivity index (χ0n) is 32.4. The van der Waals surface area contributed by atoms with Crippen LogP contribution in [-0.4, -0.2) is 20.4 Å². The zero-order chi connectivity index (χ0) is 41.0. The zero-order valence-corrected chi connectivity index (χ0v) is 32.4. The Morgan fingerprint density at radius 2 is 0.768 bits per heavy atom. The van der Waals surface area contributed by atoms with Gasteiger partial charge in [-0.15, -0.1) is 0 Å². The van der Waals surface area contributed by atoms with E-state index in [0.29, 0.717) is 19.5 Å². The maximum atomic E-state index is 14.1. The van der Waals surface area contributed by atoms with Crippen molar-refractivity contribution in [1.82, 2.24) is 0 Å². The van der Waals surface area contributed by atoms with Gasteiger partial charge in [-0.2, -0.15) is 39.5 Å². The molecule has 14 heteroatoms. The second kappa shape index (κ2) is 23.5. The maximum absolute atomic E-state index is 14.1. The van der Waals surface area contributed by atoms with E-state index in [1.165, 1.54) is 38.5 Å². The van der Waals surface area contributed by atoms with Crippen LogP contribution in [0.2, 0.25) is 0 Å². The van der Waals surface area contributed by atoms with Crippen LogP contribution >= 0.6 is 0 Å². The molecule has 0 N–H and O–H groups in total. The lowest BCUT2D eigenvalue weighted by Gasteiger charge is -2.29. The summed E-state index contributed by atoms with van der Waals surface area (Å²) in [6, 6.07) is 10.1. The van der Waals surface area contributed by atoms with Crippen LogP contribution in [-0.2, 0) is 18.5 Å². The number of alkyl halides is 9. The number of hydrogen-bond donors (Lipinski definition) is 0. The monoisotopic (exact) mass is 803 g/mol. The number of unbranched alkanes of at least 4 members (excludes halogenated alkanes) is 15. The molecule has 0 saturated carbocycles. The molecule has 0 amide bonds. The molecule has 0 unspecified atom stereocenters. The normalized spacial score (nSPS) is 12.1. The fraction of sp³-hybridized carbons (Fsp3) is 0.571. The van der Waals surface area contributed by atoms with Crippen LogP contribution in [0.25, 0.3) is 0 Å². The number of hydrogen-bond acceptors (Lipinski definition) is 4. The molecule has 0 saturated heterocycles. The van der Waals surface area contributed by atoms with Crippen LogP contribution in [0.15, 0.2) is 66.7 Å². The number of anilines is 1. The Balaban J connectivity index is 1.88. The van der Waals surface area contributed by atoms with E-state index in [1.54, 1.807) is 0 Å². The van der Waals surface area contributed by atoms with Gasteiger partial charge >= 0.3 is 25.9 Å². The van der Waals surface area contributed by atoms with Gasteiger partial charge in [-0.05, 0) is 79.6 Å². The van der Waals surface area contributed by atoms with Crippen molar-refractivity contribution in [3.63, 3.8) is 0 Å². The quantitative estimate of drug-likeness (QED) is 0.0459. The minimum atomic E-state index is -4.68. The molecule has 0 fully saturated rings. The molecule has 0 bridgehead atoms. The van der Waals surface area contributed by atoms with Crippen molar-refractivity contribution in [1.29, 1.82) is 0 Å². The summed E-state index contributed by atoms with van der Waals surface area (Å²) in [7, 11) is -1.82. The van der Waals surface area contributed by atoms with Crippen molar-refractivity contribution >= 4 is 13.0 Å². The molecule has 0 aliphatic rings. The first-order valence-electron chi connectivity index (χ1n) is 19.9. The second-order valence-electron chi connectivity index (χ2n) is 14.2. The summed E-state index contributed by atoms with van der Waals surface area (Å²) in [6.45, 7) is 5.18. The molecule has 0 spiro atoms.